The van der Waals surface area contributed by atoms with Crippen LogP contribution in [0.1, 0.15) is 6.42 Å². The predicted molar refractivity (Wildman–Crippen MR) is 35.1 cm³/mol. The molecule has 2 N–H and O–H groups in total. The number of carbonyl (C=O) groups is 1. The first kappa shape index (κ1) is 8.26. The lowest BCUT2D eigenvalue weighted by Gasteiger charge is -2.17. The summed E-state index contributed by atoms with van der Waals surface area (Å²) in [6.07, 6.45) is -1.65. The second-order valence-corrected chi connectivity index (χ2v) is 2.63. The zero-order valence-electron chi connectivity index (χ0n) is 5.90. The Balaban J connectivity index is 2.57. The molecule has 0 aromatic carbocycles. The number of aliphatic hydroxyl groups is 1. The van der Waals surface area contributed by atoms with E-state index in [1.54, 1.807) is 0 Å². The van der Waals surface area contributed by atoms with Crippen molar-refractivity contribution in [3.05, 3.63) is 0 Å². The van der Waals surface area contributed by atoms with Crippen molar-refractivity contribution in [1.82, 2.24) is 4.90 Å². The molecule has 0 spiro atoms. The van der Waals surface area contributed by atoms with Crippen molar-refractivity contribution in [3.63, 3.8) is 0 Å². The average molecular weight is 163 g/mol. The molecule has 0 radical (unpaired) electrons. The van der Waals surface area contributed by atoms with Crippen molar-refractivity contribution in [3.8, 4) is 0 Å². The van der Waals surface area contributed by atoms with Crippen LogP contribution in [0.15, 0.2) is 0 Å². The molecule has 11 heavy (non-hydrogen) atoms. The Morgan fingerprint density at radius 2 is 2.36 bits per heavy atom. The molecule has 1 saturated heterocycles. The molecule has 1 unspecified atom stereocenters. The molecule has 4 nitrogen and oxygen atoms in total. The number of rotatable bonds is 1. The number of aliphatic hydroxyl groups excluding tert-OH is 1. The van der Waals surface area contributed by atoms with Crippen LogP contribution in [-0.2, 0) is 0 Å². The smallest absolute Gasteiger partial charge is 0.407 e. The molecule has 1 amide bonds. The number of halogens is 1. The topological polar surface area (TPSA) is 60.8 Å². The summed E-state index contributed by atoms with van der Waals surface area (Å²) in [5, 5.41) is 17.5. The molecule has 1 fully saturated rings. The Morgan fingerprint density at radius 3 is 2.73 bits per heavy atom. The first-order valence-corrected chi connectivity index (χ1v) is 3.38. The predicted octanol–water partition coefficient (Wildman–Crippen LogP) is 0.0691. The van der Waals surface area contributed by atoms with Crippen molar-refractivity contribution in [1.29, 1.82) is 0 Å². The third-order valence-electron chi connectivity index (χ3n) is 1.82. The first-order chi connectivity index (χ1) is 5.15. The summed E-state index contributed by atoms with van der Waals surface area (Å²) >= 11 is 0. The summed E-state index contributed by atoms with van der Waals surface area (Å²) in [4.78, 5) is 11.3. The Kier molecular flexibility index (Phi) is 2.28. The van der Waals surface area contributed by atoms with Crippen LogP contribution >= 0.6 is 0 Å². The van der Waals surface area contributed by atoms with Crippen LogP contribution in [0.25, 0.3) is 0 Å². The fourth-order valence-electron chi connectivity index (χ4n) is 1.27. The highest BCUT2D eigenvalue weighted by Crippen LogP contribution is 2.17. The van der Waals surface area contributed by atoms with Crippen LogP contribution < -0.4 is 0 Å². The summed E-state index contributed by atoms with van der Waals surface area (Å²) in [7, 11) is 0. The van der Waals surface area contributed by atoms with Gasteiger partial charge in [-0.25, -0.2) is 9.18 Å². The van der Waals surface area contributed by atoms with E-state index in [0.717, 1.165) is 4.90 Å². The number of hydrogen-bond donors (Lipinski definition) is 2. The molecule has 1 aliphatic heterocycles. The fourth-order valence-corrected chi connectivity index (χ4v) is 1.27. The summed E-state index contributed by atoms with van der Waals surface area (Å²) < 4.78 is 12.1. The summed E-state index contributed by atoms with van der Waals surface area (Å²) in [5.41, 5.74) is 0. The molecule has 5 heteroatoms. The van der Waals surface area contributed by atoms with Crippen molar-refractivity contribution in [2.45, 2.75) is 18.6 Å². The van der Waals surface area contributed by atoms with E-state index in [4.69, 9.17) is 10.2 Å². The lowest BCUT2D eigenvalue weighted by Crippen LogP contribution is -2.35. The van der Waals surface area contributed by atoms with Gasteiger partial charge in [-0.2, -0.15) is 0 Å². The summed E-state index contributed by atoms with van der Waals surface area (Å²) in [5.74, 6) is 0. The standard InChI is InChI=1S/C6H10FNO3/c7-2-4-1-5(9)3-8(4)6(10)11/h4-5,9H,1-3H2,(H,10,11)/t4-,5?/m1/s1. The van der Waals surface area contributed by atoms with Crippen molar-refractivity contribution in [2.24, 2.45) is 0 Å². The van der Waals surface area contributed by atoms with E-state index >= 15 is 0 Å². The highest BCUT2D eigenvalue weighted by atomic mass is 19.1. The minimum absolute atomic E-state index is 0.0317. The molecule has 0 saturated carbocycles. The Hall–Kier alpha value is -0.840. The van der Waals surface area contributed by atoms with Crippen LogP contribution in [0.2, 0.25) is 0 Å². The quantitative estimate of drug-likeness (QED) is 0.575. The van der Waals surface area contributed by atoms with Crippen LogP contribution in [-0.4, -0.2) is 46.6 Å². The SMILES string of the molecule is O=C(O)N1CC(O)C[C@@H]1CF. The molecule has 0 aromatic rings. The number of likely N-dealkylation sites (tertiary alicyclic amines) is 1. The van der Waals surface area contributed by atoms with E-state index in [-0.39, 0.29) is 13.0 Å². The number of alkyl halides is 1. The molecule has 1 rings (SSSR count). The van der Waals surface area contributed by atoms with Crippen LogP contribution in [0.4, 0.5) is 9.18 Å². The van der Waals surface area contributed by atoms with Gasteiger partial charge in [0.15, 0.2) is 0 Å². The molecule has 64 valence electrons. The van der Waals surface area contributed by atoms with Gasteiger partial charge in [-0.05, 0) is 6.42 Å². The van der Waals surface area contributed by atoms with Gasteiger partial charge in [0.25, 0.3) is 0 Å². The van der Waals surface area contributed by atoms with E-state index < -0.39 is 24.9 Å². The van der Waals surface area contributed by atoms with Gasteiger partial charge in [0.1, 0.15) is 6.67 Å². The lowest BCUT2D eigenvalue weighted by atomic mass is 10.2. The Morgan fingerprint density at radius 1 is 1.73 bits per heavy atom. The molecular weight excluding hydrogens is 153 g/mol. The number of carboxylic acid groups (broad SMARTS) is 1. The normalized spacial score (nSPS) is 30.9. The maximum atomic E-state index is 12.1. The van der Waals surface area contributed by atoms with Crippen LogP contribution in [0.5, 0.6) is 0 Å². The van der Waals surface area contributed by atoms with Crippen molar-refractivity contribution in [2.75, 3.05) is 13.2 Å². The minimum atomic E-state index is -1.16. The zero-order chi connectivity index (χ0) is 8.43. The number of β-amino-alcohol motifs (C(OH)–C–C–N with tert-alkyl or cyclic N) is 1. The molecular formula is C6H10FNO3. The van der Waals surface area contributed by atoms with Gasteiger partial charge in [0.05, 0.1) is 18.7 Å². The molecule has 0 bridgehead atoms. The van der Waals surface area contributed by atoms with Crippen LogP contribution in [0.3, 0.4) is 0 Å². The molecule has 0 aromatic heterocycles. The van der Waals surface area contributed by atoms with Crippen LogP contribution in [0, 0.1) is 0 Å². The van der Waals surface area contributed by atoms with E-state index in [1.165, 1.54) is 0 Å². The molecule has 0 aliphatic carbocycles. The largest absolute Gasteiger partial charge is 0.465 e. The summed E-state index contributed by atoms with van der Waals surface area (Å²) in [6.45, 7) is -0.687. The van der Waals surface area contributed by atoms with E-state index in [2.05, 4.69) is 0 Å². The molecule has 2 atom stereocenters. The highest BCUT2D eigenvalue weighted by Gasteiger charge is 2.33. The van der Waals surface area contributed by atoms with Gasteiger partial charge in [0.2, 0.25) is 0 Å². The molecule has 1 aliphatic rings. The van der Waals surface area contributed by atoms with Gasteiger partial charge in [-0.3, -0.25) is 0 Å². The fraction of sp³-hybridized carbons (Fsp3) is 0.833. The lowest BCUT2D eigenvalue weighted by molar-refractivity contribution is 0.126. The molecule has 1 heterocycles. The maximum Gasteiger partial charge on any atom is 0.407 e. The van der Waals surface area contributed by atoms with E-state index in [1.807, 2.05) is 0 Å². The van der Waals surface area contributed by atoms with Gasteiger partial charge in [-0.15, -0.1) is 0 Å². The number of hydrogen-bond acceptors (Lipinski definition) is 2. The second-order valence-electron chi connectivity index (χ2n) is 2.63. The second kappa shape index (κ2) is 3.04. The van der Waals surface area contributed by atoms with E-state index in [9.17, 15) is 9.18 Å². The minimum Gasteiger partial charge on any atom is -0.465 e. The number of amides is 1. The third-order valence-corrected chi connectivity index (χ3v) is 1.82. The first-order valence-electron chi connectivity index (χ1n) is 3.38. The number of nitrogens with zero attached hydrogens (tertiary/aromatic N) is 1. The van der Waals surface area contributed by atoms with Gasteiger partial charge >= 0.3 is 6.09 Å². The van der Waals surface area contributed by atoms with Gasteiger partial charge in [-0.1, -0.05) is 0 Å². The maximum absolute atomic E-state index is 12.1. The third kappa shape index (κ3) is 1.59. The van der Waals surface area contributed by atoms with E-state index in [0.29, 0.717) is 0 Å². The van der Waals surface area contributed by atoms with Crippen molar-refractivity contribution >= 4 is 6.09 Å². The van der Waals surface area contributed by atoms with Crippen molar-refractivity contribution < 1.29 is 19.4 Å². The zero-order valence-corrected chi connectivity index (χ0v) is 5.90. The van der Waals surface area contributed by atoms with Gasteiger partial charge in [0, 0.05) is 0 Å². The average Bonchev–Trinajstić information content (AvgIpc) is 2.30. The monoisotopic (exact) mass is 163 g/mol. The summed E-state index contributed by atoms with van der Waals surface area (Å²) in [6, 6.07) is -0.650. The van der Waals surface area contributed by atoms with Gasteiger partial charge < -0.3 is 15.1 Å². The highest BCUT2D eigenvalue weighted by molar-refractivity contribution is 5.66. The Labute approximate surface area is 63.2 Å². The Bertz CT molecular complexity index is 164.